The second-order valence-corrected chi connectivity index (χ2v) is 26.8. The van der Waals surface area contributed by atoms with Gasteiger partial charge in [0.1, 0.15) is 48.8 Å². The molecular weight excluding hydrogens is 1120 g/mol. The summed E-state index contributed by atoms with van der Waals surface area (Å²) in [7, 11) is 0. The number of aliphatic hydroxyl groups excluding tert-OH is 8. The van der Waals surface area contributed by atoms with Gasteiger partial charge < -0.3 is 65.1 Å². The van der Waals surface area contributed by atoms with E-state index in [1.54, 1.807) is 6.08 Å². The summed E-state index contributed by atoms with van der Waals surface area (Å²) < 4.78 is 22.8. The van der Waals surface area contributed by atoms with E-state index in [9.17, 15) is 45.6 Å². The highest BCUT2D eigenvalue weighted by Gasteiger charge is 2.51. The third kappa shape index (κ3) is 43.7. The Morgan fingerprint density at radius 2 is 0.719 bits per heavy atom. The van der Waals surface area contributed by atoms with Crippen molar-refractivity contribution in [3.8, 4) is 0 Å². The summed E-state index contributed by atoms with van der Waals surface area (Å²) in [5.41, 5.74) is 0. The number of hydrogen-bond donors (Lipinski definition) is 9. The molecule has 89 heavy (non-hydrogen) atoms. The summed E-state index contributed by atoms with van der Waals surface area (Å²) in [6, 6.07) is -0.929. The van der Waals surface area contributed by atoms with Gasteiger partial charge in [0.2, 0.25) is 5.91 Å². The number of unbranched alkanes of at least 4 members (excludes halogenated alkanes) is 46. The van der Waals surface area contributed by atoms with Crippen molar-refractivity contribution in [2.45, 2.75) is 415 Å². The zero-order valence-electron chi connectivity index (χ0n) is 57.2. The fraction of sp³-hybridized carbons (Fsp3) is 0.907. The van der Waals surface area contributed by atoms with E-state index in [4.69, 9.17) is 18.9 Å². The number of carbonyl (C=O) groups is 1. The van der Waals surface area contributed by atoms with E-state index in [2.05, 4.69) is 43.5 Å². The molecule has 2 fully saturated rings. The number of nitrogens with one attached hydrogen (secondary N) is 1. The highest BCUT2D eigenvalue weighted by molar-refractivity contribution is 5.76. The van der Waals surface area contributed by atoms with Gasteiger partial charge in [0.15, 0.2) is 12.6 Å². The second kappa shape index (κ2) is 59.9. The van der Waals surface area contributed by atoms with Crippen molar-refractivity contribution < 1.29 is 64.6 Å². The molecule has 2 aliphatic rings. The predicted octanol–water partition coefficient (Wildman–Crippen LogP) is 16.1. The van der Waals surface area contributed by atoms with E-state index in [0.29, 0.717) is 12.8 Å². The maximum absolute atomic E-state index is 13.3. The number of carbonyl (C=O) groups excluding carboxylic acids is 1. The van der Waals surface area contributed by atoms with Crippen LogP contribution in [0.5, 0.6) is 0 Å². The van der Waals surface area contributed by atoms with Crippen molar-refractivity contribution in [2.24, 2.45) is 0 Å². The van der Waals surface area contributed by atoms with Gasteiger partial charge in [-0.05, 0) is 57.8 Å². The Kier molecular flexibility index (Phi) is 56.1. The van der Waals surface area contributed by atoms with E-state index in [-0.39, 0.29) is 18.9 Å². The molecule has 2 saturated heterocycles. The lowest BCUT2D eigenvalue weighted by molar-refractivity contribution is -0.359. The van der Waals surface area contributed by atoms with Gasteiger partial charge in [-0.25, -0.2) is 0 Å². The SMILES string of the molecule is CCCCCCCCCC/C=C\CCCCCCCCCCCCCCCCCCCCCCCCCCCCCCCC(=O)NC(COC1OC(CO)C(OC2OC(CO)C(O)C(O)C2O)C(O)C1O)C(O)/C=C/CC/C=C/CCCCCCCCCC. The maximum Gasteiger partial charge on any atom is 0.220 e. The zero-order valence-corrected chi connectivity index (χ0v) is 57.2. The summed E-state index contributed by atoms with van der Waals surface area (Å²) in [6.45, 7) is 2.80. The molecule has 0 aliphatic carbocycles. The molecule has 0 aromatic carbocycles. The molecule has 14 heteroatoms. The molecule has 14 nitrogen and oxygen atoms in total. The smallest absolute Gasteiger partial charge is 0.220 e. The van der Waals surface area contributed by atoms with Crippen LogP contribution in [0.2, 0.25) is 0 Å². The average molecular weight is 1260 g/mol. The maximum atomic E-state index is 13.3. The molecule has 2 aliphatic heterocycles. The summed E-state index contributed by atoms with van der Waals surface area (Å²) in [6.07, 6.45) is 61.2. The van der Waals surface area contributed by atoms with Crippen molar-refractivity contribution in [1.29, 1.82) is 0 Å². The molecule has 9 N–H and O–H groups in total. The molecule has 0 saturated carbocycles. The highest BCUT2D eigenvalue weighted by atomic mass is 16.7. The van der Waals surface area contributed by atoms with E-state index in [1.165, 1.54) is 276 Å². The van der Waals surface area contributed by atoms with E-state index >= 15 is 0 Å². The molecule has 0 aromatic rings. The van der Waals surface area contributed by atoms with Crippen LogP contribution in [0.1, 0.15) is 341 Å². The van der Waals surface area contributed by atoms with Crippen LogP contribution in [0.15, 0.2) is 36.5 Å². The van der Waals surface area contributed by atoms with E-state index in [1.807, 2.05) is 6.08 Å². The second-order valence-electron chi connectivity index (χ2n) is 26.8. The van der Waals surface area contributed by atoms with Crippen molar-refractivity contribution in [3.63, 3.8) is 0 Å². The lowest BCUT2D eigenvalue weighted by Crippen LogP contribution is -2.65. The van der Waals surface area contributed by atoms with Gasteiger partial charge in [0, 0.05) is 6.42 Å². The van der Waals surface area contributed by atoms with E-state index in [0.717, 1.165) is 32.1 Å². The van der Waals surface area contributed by atoms with Crippen LogP contribution >= 0.6 is 0 Å². The van der Waals surface area contributed by atoms with Gasteiger partial charge in [-0.1, -0.05) is 314 Å². The summed E-state index contributed by atoms with van der Waals surface area (Å²) in [5.74, 6) is -0.243. The number of allylic oxidation sites excluding steroid dienone is 5. The molecular formula is C75H141NO13. The van der Waals surface area contributed by atoms with Crippen LogP contribution in [0, 0.1) is 0 Å². The molecule has 1 amide bonds. The van der Waals surface area contributed by atoms with Gasteiger partial charge in [0.25, 0.3) is 0 Å². The number of amides is 1. The fourth-order valence-electron chi connectivity index (χ4n) is 12.5. The minimum atomic E-state index is -1.79. The lowest BCUT2D eigenvalue weighted by atomic mass is 9.97. The van der Waals surface area contributed by atoms with Crippen LogP contribution in [0.3, 0.4) is 0 Å². The quantitative estimate of drug-likeness (QED) is 0.0204. The summed E-state index contributed by atoms with van der Waals surface area (Å²) in [4.78, 5) is 13.3. The lowest BCUT2D eigenvalue weighted by Gasteiger charge is -2.46. The zero-order chi connectivity index (χ0) is 64.5. The molecule has 2 rings (SSSR count). The van der Waals surface area contributed by atoms with Crippen LogP contribution in [0.4, 0.5) is 0 Å². The average Bonchev–Trinajstić information content (AvgIpc) is 2.74. The third-order valence-electron chi connectivity index (χ3n) is 18.5. The summed E-state index contributed by atoms with van der Waals surface area (Å²) in [5, 5.41) is 87.3. The first-order chi connectivity index (χ1) is 43.6. The van der Waals surface area contributed by atoms with Crippen molar-refractivity contribution >= 4 is 5.91 Å². The Morgan fingerprint density at radius 3 is 1.10 bits per heavy atom. The first-order valence-corrected chi connectivity index (χ1v) is 37.7. The van der Waals surface area contributed by atoms with Gasteiger partial charge >= 0.3 is 0 Å². The van der Waals surface area contributed by atoms with Crippen LogP contribution in [-0.2, 0) is 23.7 Å². The van der Waals surface area contributed by atoms with E-state index < -0.39 is 86.8 Å². The molecule has 12 unspecified atom stereocenters. The van der Waals surface area contributed by atoms with Gasteiger partial charge in [0.05, 0.1) is 32.0 Å². The third-order valence-corrected chi connectivity index (χ3v) is 18.5. The van der Waals surface area contributed by atoms with Gasteiger partial charge in [-0.2, -0.15) is 0 Å². The number of hydrogen-bond acceptors (Lipinski definition) is 13. The summed E-state index contributed by atoms with van der Waals surface area (Å²) >= 11 is 0. The Hall–Kier alpha value is -1.79. The monoisotopic (exact) mass is 1260 g/mol. The minimum absolute atomic E-state index is 0.243. The predicted molar refractivity (Wildman–Crippen MR) is 365 cm³/mol. The first-order valence-electron chi connectivity index (χ1n) is 37.7. The van der Waals surface area contributed by atoms with Crippen molar-refractivity contribution in [2.75, 3.05) is 19.8 Å². The van der Waals surface area contributed by atoms with Crippen LogP contribution in [-0.4, -0.2) is 140 Å². The topological polar surface area (TPSA) is 228 Å². The van der Waals surface area contributed by atoms with Crippen molar-refractivity contribution in [3.05, 3.63) is 36.5 Å². The largest absolute Gasteiger partial charge is 0.394 e. The molecule has 0 radical (unpaired) electrons. The van der Waals surface area contributed by atoms with Crippen LogP contribution in [0.25, 0.3) is 0 Å². The van der Waals surface area contributed by atoms with Crippen LogP contribution < -0.4 is 5.32 Å². The Bertz CT molecular complexity index is 1630. The molecule has 0 aromatic heterocycles. The Morgan fingerprint density at radius 1 is 0.393 bits per heavy atom. The number of aliphatic hydroxyl groups is 8. The molecule has 0 bridgehead atoms. The fourth-order valence-corrected chi connectivity index (χ4v) is 12.5. The molecule has 524 valence electrons. The van der Waals surface area contributed by atoms with Gasteiger partial charge in [-0.3, -0.25) is 4.79 Å². The highest BCUT2D eigenvalue weighted by Crippen LogP contribution is 2.30. The Labute approximate surface area is 544 Å². The van der Waals surface area contributed by atoms with Gasteiger partial charge in [-0.15, -0.1) is 0 Å². The number of rotatable bonds is 63. The number of ether oxygens (including phenoxy) is 4. The first kappa shape index (κ1) is 83.3. The molecule has 12 atom stereocenters. The molecule has 2 heterocycles. The van der Waals surface area contributed by atoms with Crippen molar-refractivity contribution in [1.82, 2.24) is 5.32 Å². The minimum Gasteiger partial charge on any atom is -0.394 e. The molecule has 0 spiro atoms. The normalized spacial score (nSPS) is 23.2. The Balaban J connectivity index is 1.53. The standard InChI is InChI=1S/C75H141NO13/c1-3-5-7-9-11-13-15-17-19-20-21-22-23-24-25-26-27-28-29-30-31-32-33-34-35-36-37-38-39-40-41-42-43-44-45-47-49-51-53-55-57-59-67(80)76-63(64(79)58-56-54-52-50-48-46-18-16-14-12-10-8-6-4-2)62-86-74-72(85)70(83)73(66(61-78)88-74)89-75-71(84)69(82)68(81)65(60-77)87-75/h20-21,48,50,56,58,63-66,68-75,77-79,81-85H,3-19,22-47,49,51-55,57,59-62H2,1-2H3,(H,76,80)/b21-20-,50-48+,58-56+.